The van der Waals surface area contributed by atoms with Crippen LogP contribution in [0.25, 0.3) is 0 Å². The number of hydrogen-bond acceptors (Lipinski definition) is 3. The van der Waals surface area contributed by atoms with Crippen molar-refractivity contribution in [3.05, 3.63) is 35.9 Å². The molecule has 21 heavy (non-hydrogen) atoms. The first-order valence-corrected chi connectivity index (χ1v) is 6.56. The monoisotopic (exact) mass is 298 g/mol. The Balaban J connectivity index is 0.000000382. The van der Waals surface area contributed by atoms with Crippen molar-refractivity contribution >= 4 is 11.9 Å². The van der Waals surface area contributed by atoms with E-state index in [9.17, 15) is 9.59 Å². The molecule has 0 fully saturated rings. The minimum absolute atomic E-state index is 0.112. The molecule has 1 atom stereocenters. The van der Waals surface area contributed by atoms with Crippen LogP contribution in [0.3, 0.4) is 0 Å². The highest BCUT2D eigenvalue weighted by Crippen LogP contribution is 1.99. The molecule has 0 radical (unpaired) electrons. The largest absolute Gasteiger partial charge is 0.481 e. The zero-order chi connectivity index (χ0) is 16.5. The lowest BCUT2D eigenvalue weighted by molar-refractivity contribution is -0.873. The SMILES string of the molecule is C[N+](C)(C)C[C@H](O)CC(=O)O.O=C(O)Cc1ccccc1. The van der Waals surface area contributed by atoms with Crippen LogP contribution in [0, 0.1) is 0 Å². The van der Waals surface area contributed by atoms with Gasteiger partial charge < -0.3 is 19.8 Å². The summed E-state index contributed by atoms with van der Waals surface area (Å²) in [5, 5.41) is 25.8. The van der Waals surface area contributed by atoms with Gasteiger partial charge in [-0.3, -0.25) is 9.59 Å². The van der Waals surface area contributed by atoms with Gasteiger partial charge in [0.15, 0.2) is 0 Å². The van der Waals surface area contributed by atoms with Crippen molar-refractivity contribution in [3.8, 4) is 0 Å². The number of benzene rings is 1. The van der Waals surface area contributed by atoms with E-state index in [2.05, 4.69) is 0 Å². The Bertz CT molecular complexity index is 439. The first kappa shape index (κ1) is 19.1. The molecule has 0 aliphatic heterocycles. The van der Waals surface area contributed by atoms with Crippen LogP contribution < -0.4 is 0 Å². The number of nitrogens with zero attached hydrogens (tertiary/aromatic N) is 1. The Morgan fingerprint density at radius 3 is 1.95 bits per heavy atom. The fourth-order valence-electron chi connectivity index (χ4n) is 1.67. The Morgan fingerprint density at radius 2 is 1.57 bits per heavy atom. The molecule has 0 saturated heterocycles. The molecule has 0 saturated carbocycles. The van der Waals surface area contributed by atoms with Gasteiger partial charge in [0, 0.05) is 0 Å². The zero-order valence-electron chi connectivity index (χ0n) is 12.7. The van der Waals surface area contributed by atoms with Gasteiger partial charge in [-0.15, -0.1) is 0 Å². The summed E-state index contributed by atoms with van der Waals surface area (Å²) in [4.78, 5) is 20.3. The fourth-order valence-corrected chi connectivity index (χ4v) is 1.67. The first-order valence-electron chi connectivity index (χ1n) is 6.56. The maximum Gasteiger partial charge on any atom is 0.307 e. The molecular formula is C15H24NO5+. The lowest BCUT2D eigenvalue weighted by Crippen LogP contribution is -2.42. The summed E-state index contributed by atoms with van der Waals surface area (Å²) in [5.74, 6) is -1.74. The summed E-state index contributed by atoms with van der Waals surface area (Å²) in [6, 6.07) is 9.13. The topological polar surface area (TPSA) is 94.8 Å². The van der Waals surface area contributed by atoms with Crippen LogP contribution in [0.15, 0.2) is 30.3 Å². The van der Waals surface area contributed by atoms with Crippen molar-refractivity contribution in [3.63, 3.8) is 0 Å². The van der Waals surface area contributed by atoms with Crippen molar-refractivity contribution in [2.45, 2.75) is 18.9 Å². The van der Waals surface area contributed by atoms with E-state index < -0.39 is 18.0 Å². The van der Waals surface area contributed by atoms with Crippen molar-refractivity contribution in [1.29, 1.82) is 0 Å². The summed E-state index contributed by atoms with van der Waals surface area (Å²) in [6.45, 7) is 0.465. The molecule has 6 heteroatoms. The summed E-state index contributed by atoms with van der Waals surface area (Å²) in [5.41, 5.74) is 0.843. The molecule has 0 unspecified atom stereocenters. The van der Waals surface area contributed by atoms with Gasteiger partial charge >= 0.3 is 11.9 Å². The van der Waals surface area contributed by atoms with Gasteiger partial charge in [-0.25, -0.2) is 0 Å². The van der Waals surface area contributed by atoms with Crippen molar-refractivity contribution in [2.75, 3.05) is 27.7 Å². The van der Waals surface area contributed by atoms with E-state index in [1.54, 1.807) is 12.1 Å². The second kappa shape index (κ2) is 9.10. The Kier molecular flexibility index (Phi) is 8.26. The fraction of sp³-hybridized carbons (Fsp3) is 0.467. The molecule has 0 aliphatic rings. The quantitative estimate of drug-likeness (QED) is 0.677. The van der Waals surface area contributed by atoms with Crippen molar-refractivity contribution in [2.24, 2.45) is 0 Å². The first-order chi connectivity index (χ1) is 9.60. The third-order valence-corrected chi connectivity index (χ3v) is 2.37. The van der Waals surface area contributed by atoms with Crippen molar-refractivity contribution in [1.82, 2.24) is 0 Å². The second-order valence-electron chi connectivity index (χ2n) is 5.78. The van der Waals surface area contributed by atoms with E-state index in [4.69, 9.17) is 15.3 Å². The Morgan fingerprint density at radius 1 is 1.05 bits per heavy atom. The number of carbonyl (C=O) groups is 2. The molecule has 0 aromatic heterocycles. The highest BCUT2D eigenvalue weighted by Gasteiger charge is 2.17. The van der Waals surface area contributed by atoms with Crippen LogP contribution in [0.1, 0.15) is 12.0 Å². The van der Waals surface area contributed by atoms with Gasteiger partial charge in [-0.1, -0.05) is 30.3 Å². The van der Waals surface area contributed by atoms with E-state index in [1.165, 1.54) is 0 Å². The summed E-state index contributed by atoms with van der Waals surface area (Å²) in [7, 11) is 5.72. The van der Waals surface area contributed by atoms with E-state index in [1.807, 2.05) is 39.3 Å². The van der Waals surface area contributed by atoms with Gasteiger partial charge in [0.25, 0.3) is 0 Å². The maximum atomic E-state index is 10.2. The number of aliphatic hydroxyl groups is 1. The predicted octanol–water partition coefficient (Wildman–Crippen LogP) is 0.842. The minimum Gasteiger partial charge on any atom is -0.481 e. The smallest absolute Gasteiger partial charge is 0.307 e. The second-order valence-corrected chi connectivity index (χ2v) is 5.78. The number of carboxylic acid groups (broad SMARTS) is 2. The summed E-state index contributed by atoms with van der Waals surface area (Å²) < 4.78 is 0.578. The molecular weight excluding hydrogens is 274 g/mol. The number of aliphatic carboxylic acids is 2. The summed E-state index contributed by atoms with van der Waals surface area (Å²) >= 11 is 0. The average Bonchev–Trinajstić information content (AvgIpc) is 2.26. The number of aliphatic hydroxyl groups excluding tert-OH is 1. The Labute approximate surface area is 124 Å². The lowest BCUT2D eigenvalue weighted by atomic mass is 10.2. The lowest BCUT2D eigenvalue weighted by Gasteiger charge is -2.25. The van der Waals surface area contributed by atoms with Crippen molar-refractivity contribution < 1.29 is 29.4 Å². The number of hydrogen-bond donors (Lipinski definition) is 3. The van der Waals surface area contributed by atoms with Gasteiger partial charge in [0.1, 0.15) is 12.6 Å². The predicted molar refractivity (Wildman–Crippen MR) is 78.9 cm³/mol. The maximum absolute atomic E-state index is 10.2. The van der Waals surface area contributed by atoms with Gasteiger partial charge in [0.05, 0.1) is 34.0 Å². The number of quaternary nitrogens is 1. The van der Waals surface area contributed by atoms with E-state index >= 15 is 0 Å². The molecule has 1 rings (SSSR count). The Hall–Kier alpha value is -1.92. The number of rotatable bonds is 6. The number of likely N-dealkylation sites (N-methyl/N-ethyl adjacent to an activating group) is 1. The average molecular weight is 298 g/mol. The normalized spacial score (nSPS) is 12.0. The van der Waals surface area contributed by atoms with E-state index in [0.717, 1.165) is 5.56 Å². The van der Waals surface area contributed by atoms with E-state index in [-0.39, 0.29) is 12.8 Å². The van der Waals surface area contributed by atoms with Gasteiger partial charge in [-0.2, -0.15) is 0 Å². The molecule has 1 aromatic rings. The van der Waals surface area contributed by atoms with Crippen LogP contribution >= 0.6 is 0 Å². The van der Waals surface area contributed by atoms with Crippen LogP contribution in [-0.4, -0.2) is 65.5 Å². The highest BCUT2D eigenvalue weighted by molar-refractivity contribution is 5.70. The molecule has 1 aromatic carbocycles. The van der Waals surface area contributed by atoms with Crippen LogP contribution in [0.4, 0.5) is 0 Å². The standard InChI is InChI=1S/C8H8O2.C7H15NO3/c9-8(10)6-7-4-2-1-3-5-7;1-8(2,3)5-6(9)4-7(10)11/h1-5H,6H2,(H,9,10);6,9H,4-5H2,1-3H3/p+1/t;6-/m.1/s1. The van der Waals surface area contributed by atoms with Gasteiger partial charge in [0.2, 0.25) is 0 Å². The van der Waals surface area contributed by atoms with Crippen LogP contribution in [0.2, 0.25) is 0 Å². The van der Waals surface area contributed by atoms with E-state index in [0.29, 0.717) is 11.0 Å². The van der Waals surface area contributed by atoms with Crippen LogP contribution in [-0.2, 0) is 16.0 Å². The molecule has 0 heterocycles. The third kappa shape index (κ3) is 12.8. The third-order valence-electron chi connectivity index (χ3n) is 2.37. The molecule has 3 N–H and O–H groups in total. The molecule has 0 aliphatic carbocycles. The molecule has 6 nitrogen and oxygen atoms in total. The molecule has 0 spiro atoms. The molecule has 0 amide bonds. The van der Waals surface area contributed by atoms with Crippen LogP contribution in [0.5, 0.6) is 0 Å². The summed E-state index contributed by atoms with van der Waals surface area (Å²) in [6.07, 6.45) is -0.802. The molecule has 0 bridgehead atoms. The highest BCUT2D eigenvalue weighted by atomic mass is 16.4. The zero-order valence-corrected chi connectivity index (χ0v) is 12.7. The van der Waals surface area contributed by atoms with Gasteiger partial charge in [-0.05, 0) is 5.56 Å². The minimum atomic E-state index is -0.953. The molecule has 118 valence electrons. The number of carboxylic acids is 2.